The van der Waals surface area contributed by atoms with Crippen molar-refractivity contribution in [1.82, 2.24) is 0 Å². The Hall–Kier alpha value is -2.26. The molecular formula is C33H50N2O5Si. The molecular weight excluding hydrogens is 532 g/mol. The maximum atomic E-state index is 14.5. The normalized spacial score (nSPS) is 27.3. The molecule has 8 heteroatoms. The number of benzene rings is 1. The van der Waals surface area contributed by atoms with Gasteiger partial charge >= 0.3 is 0 Å². The summed E-state index contributed by atoms with van der Waals surface area (Å²) in [5, 5.41) is 9.89. The summed E-state index contributed by atoms with van der Waals surface area (Å²) < 4.78 is 6.77. The molecule has 1 aromatic rings. The number of aliphatic hydroxyl groups excluding tert-OH is 1. The first-order valence-corrected chi connectivity index (χ1v) is 18.5. The van der Waals surface area contributed by atoms with Crippen LogP contribution in [-0.4, -0.2) is 55.8 Å². The summed E-state index contributed by atoms with van der Waals surface area (Å²) in [5.74, 6) is -0.286. The predicted molar refractivity (Wildman–Crippen MR) is 168 cm³/mol. The van der Waals surface area contributed by atoms with Crippen molar-refractivity contribution in [2.75, 3.05) is 29.5 Å². The first kappa shape index (κ1) is 31.7. The maximum Gasteiger partial charge on any atom is 0.264 e. The van der Waals surface area contributed by atoms with Crippen LogP contribution >= 0.6 is 0 Å². The van der Waals surface area contributed by atoms with Crippen molar-refractivity contribution < 1.29 is 24.2 Å². The second-order valence-corrected chi connectivity index (χ2v) is 17.0. The van der Waals surface area contributed by atoms with E-state index in [1.165, 1.54) is 11.1 Å². The SMILES string of the molecule is CC(C)=CCC/C(C)=C/CN1C(=O)[C@@]2(O[C@@H](CCO)[C@H]([Si](C)(C)O)[C@H]2C)c2cc(N3CCCCCCC3=O)ccc21. The second kappa shape index (κ2) is 12.9. The lowest BCUT2D eigenvalue weighted by Crippen LogP contribution is -2.46. The van der Waals surface area contributed by atoms with Gasteiger partial charge in [-0.25, -0.2) is 0 Å². The first-order chi connectivity index (χ1) is 19.4. The monoisotopic (exact) mass is 582 g/mol. The summed E-state index contributed by atoms with van der Waals surface area (Å²) in [6, 6.07) is 5.94. The fraction of sp³-hybridized carbons (Fsp3) is 0.636. The van der Waals surface area contributed by atoms with Crippen molar-refractivity contribution >= 4 is 31.5 Å². The van der Waals surface area contributed by atoms with Gasteiger partial charge in [-0.1, -0.05) is 43.1 Å². The molecule has 1 spiro atoms. The van der Waals surface area contributed by atoms with Crippen molar-refractivity contribution in [3.63, 3.8) is 0 Å². The summed E-state index contributed by atoms with van der Waals surface area (Å²) in [6.45, 7) is 13.1. The summed E-state index contributed by atoms with van der Waals surface area (Å²) in [6.07, 6.45) is 10.8. The average molecular weight is 583 g/mol. The van der Waals surface area contributed by atoms with Crippen molar-refractivity contribution in [2.45, 2.75) is 109 Å². The van der Waals surface area contributed by atoms with Gasteiger partial charge in [0.15, 0.2) is 13.9 Å². The number of fused-ring (bicyclic) bond motifs is 2. The molecule has 1 aromatic carbocycles. The van der Waals surface area contributed by atoms with E-state index in [4.69, 9.17) is 4.74 Å². The number of hydrogen-bond donors (Lipinski definition) is 2. The Kier molecular flexibility index (Phi) is 9.99. The van der Waals surface area contributed by atoms with Gasteiger partial charge in [0.05, 0.1) is 11.8 Å². The Morgan fingerprint density at radius 1 is 1.12 bits per heavy atom. The third kappa shape index (κ3) is 6.41. The van der Waals surface area contributed by atoms with Crippen LogP contribution in [0.2, 0.25) is 18.6 Å². The molecule has 0 radical (unpaired) electrons. The van der Waals surface area contributed by atoms with Crippen molar-refractivity contribution in [1.29, 1.82) is 0 Å². The Morgan fingerprint density at radius 3 is 2.54 bits per heavy atom. The lowest BCUT2D eigenvalue weighted by atomic mass is 9.82. The van der Waals surface area contributed by atoms with Gasteiger partial charge in [0.1, 0.15) is 0 Å². The molecule has 4 atom stereocenters. The minimum absolute atomic E-state index is 0.0743. The van der Waals surface area contributed by atoms with E-state index in [0.29, 0.717) is 25.9 Å². The fourth-order valence-corrected chi connectivity index (χ4v) is 9.78. The molecule has 4 rings (SSSR count). The Balaban J connectivity index is 1.78. The number of ether oxygens (including phenoxy) is 1. The van der Waals surface area contributed by atoms with Gasteiger partial charge in [0.2, 0.25) is 5.91 Å². The lowest BCUT2D eigenvalue weighted by Gasteiger charge is -2.32. The molecule has 7 nitrogen and oxygen atoms in total. The fourth-order valence-electron chi connectivity index (χ4n) is 7.18. The van der Waals surface area contributed by atoms with Gasteiger partial charge < -0.3 is 24.4 Å². The zero-order valence-corrected chi connectivity index (χ0v) is 26.9. The van der Waals surface area contributed by atoms with Crippen LogP contribution in [0.25, 0.3) is 0 Å². The molecule has 2 fully saturated rings. The Morgan fingerprint density at radius 2 is 1.85 bits per heavy atom. The Labute approximate surface area is 247 Å². The number of rotatable bonds is 9. The molecule has 226 valence electrons. The van der Waals surface area contributed by atoms with E-state index in [1.54, 1.807) is 0 Å². The molecule has 3 heterocycles. The molecule has 0 unspecified atom stereocenters. The highest BCUT2D eigenvalue weighted by atomic mass is 28.4. The van der Waals surface area contributed by atoms with Gasteiger partial charge in [-0.2, -0.15) is 0 Å². The molecule has 2 N–H and O–H groups in total. The highest BCUT2D eigenvalue weighted by Crippen LogP contribution is 2.60. The zero-order chi connectivity index (χ0) is 29.9. The number of hydrogen-bond acceptors (Lipinski definition) is 5. The van der Waals surface area contributed by atoms with Crippen LogP contribution in [0.3, 0.4) is 0 Å². The van der Waals surface area contributed by atoms with Crippen molar-refractivity contribution in [2.24, 2.45) is 5.92 Å². The highest BCUT2D eigenvalue weighted by molar-refractivity contribution is 6.71. The molecule has 0 aliphatic carbocycles. The smallest absolute Gasteiger partial charge is 0.264 e. The van der Waals surface area contributed by atoms with Crippen LogP contribution in [0.1, 0.15) is 84.6 Å². The third-order valence-electron chi connectivity index (χ3n) is 9.23. The first-order valence-electron chi connectivity index (χ1n) is 15.5. The standard InChI is InChI=1S/C33H50N2O5Si/c1-23(2)12-11-13-24(3)17-20-35-28-16-15-26(34-19-10-8-7-9-14-30(34)37)22-27(28)33(32(35)38)25(4)31(41(5,6)39)29(40-33)18-21-36/h12,15-17,22,25,29,31,36,39H,7-11,13-14,18-21H2,1-6H3/b24-17+/t25-,29+,31-,33+/m1/s1. The van der Waals surface area contributed by atoms with E-state index >= 15 is 0 Å². The van der Waals surface area contributed by atoms with E-state index < -0.39 is 20.0 Å². The lowest BCUT2D eigenvalue weighted by molar-refractivity contribution is -0.146. The third-order valence-corrected chi connectivity index (χ3v) is 11.7. The van der Waals surface area contributed by atoms with Crippen LogP contribution in [0.5, 0.6) is 0 Å². The highest BCUT2D eigenvalue weighted by Gasteiger charge is 2.66. The molecule has 3 aliphatic heterocycles. The van der Waals surface area contributed by atoms with Gasteiger partial charge in [0, 0.05) is 48.8 Å². The number of allylic oxidation sites excluding steroid dienone is 3. The van der Waals surface area contributed by atoms with E-state index in [9.17, 15) is 19.5 Å². The molecule has 0 saturated carbocycles. The summed E-state index contributed by atoms with van der Waals surface area (Å²) in [7, 11) is -2.77. The number of carbonyl (C=O) groups excluding carboxylic acids is 2. The van der Waals surface area contributed by atoms with E-state index in [0.717, 1.165) is 55.5 Å². The molecule has 0 aromatic heterocycles. The predicted octanol–water partition coefficient (Wildman–Crippen LogP) is 6.20. The number of anilines is 2. The molecule has 3 aliphatic rings. The van der Waals surface area contributed by atoms with Gasteiger partial charge in [-0.15, -0.1) is 0 Å². The van der Waals surface area contributed by atoms with Crippen LogP contribution in [0, 0.1) is 5.92 Å². The number of nitrogens with zero attached hydrogens (tertiary/aromatic N) is 2. The van der Waals surface area contributed by atoms with Crippen molar-refractivity contribution in [3.05, 3.63) is 47.1 Å². The largest absolute Gasteiger partial charge is 0.432 e. The van der Waals surface area contributed by atoms with Gasteiger partial charge in [-0.3, -0.25) is 9.59 Å². The molecule has 2 amide bonds. The van der Waals surface area contributed by atoms with Crippen LogP contribution in [-0.2, 0) is 19.9 Å². The van der Waals surface area contributed by atoms with Gasteiger partial charge in [-0.05, 0) is 84.2 Å². The van der Waals surface area contributed by atoms with E-state index in [-0.39, 0.29) is 29.9 Å². The molecule has 2 saturated heterocycles. The van der Waals surface area contributed by atoms with Gasteiger partial charge in [0.25, 0.3) is 5.91 Å². The quantitative estimate of drug-likeness (QED) is 0.267. The minimum atomic E-state index is -2.77. The minimum Gasteiger partial charge on any atom is -0.432 e. The number of aliphatic hydroxyl groups is 1. The van der Waals surface area contributed by atoms with E-state index in [1.807, 2.05) is 48.0 Å². The summed E-state index contributed by atoms with van der Waals surface area (Å²) >= 11 is 0. The average Bonchev–Trinajstić information content (AvgIpc) is 3.31. The van der Waals surface area contributed by atoms with Crippen LogP contribution in [0.15, 0.2) is 41.5 Å². The molecule has 41 heavy (non-hydrogen) atoms. The maximum absolute atomic E-state index is 14.5. The summed E-state index contributed by atoms with van der Waals surface area (Å²) in [5.41, 5.74) is 3.42. The Bertz CT molecular complexity index is 1180. The number of amides is 2. The summed E-state index contributed by atoms with van der Waals surface area (Å²) in [4.78, 5) is 42.7. The zero-order valence-electron chi connectivity index (χ0n) is 25.9. The molecule has 0 bridgehead atoms. The van der Waals surface area contributed by atoms with E-state index in [2.05, 4.69) is 32.9 Å². The van der Waals surface area contributed by atoms with Crippen molar-refractivity contribution in [3.8, 4) is 0 Å². The van der Waals surface area contributed by atoms with Crippen LogP contribution < -0.4 is 9.80 Å². The number of carbonyl (C=O) groups is 2. The topological polar surface area (TPSA) is 90.3 Å². The second-order valence-electron chi connectivity index (χ2n) is 13.1. The van der Waals surface area contributed by atoms with Crippen LogP contribution in [0.4, 0.5) is 11.4 Å².